The molecule has 0 radical (unpaired) electrons. The van der Waals surface area contributed by atoms with Crippen molar-refractivity contribution < 1.29 is 4.42 Å². The Hall–Kier alpha value is -7.10. The summed E-state index contributed by atoms with van der Waals surface area (Å²) in [6.45, 7) is 0. The molecule has 53 heavy (non-hydrogen) atoms. The van der Waals surface area contributed by atoms with Gasteiger partial charge in [0.15, 0.2) is 5.58 Å². The van der Waals surface area contributed by atoms with Crippen LogP contribution in [0.4, 0.5) is 0 Å². The molecule has 0 unspecified atom stereocenters. The zero-order valence-corrected chi connectivity index (χ0v) is 28.6. The van der Waals surface area contributed by atoms with Gasteiger partial charge in [0, 0.05) is 43.1 Å². The molecule has 3 heteroatoms. The number of nitrogens with zero attached hydrogens (tertiary/aromatic N) is 2. The van der Waals surface area contributed by atoms with Gasteiger partial charge in [0.05, 0.1) is 33.4 Å². The van der Waals surface area contributed by atoms with Crippen molar-refractivity contribution in [1.29, 1.82) is 0 Å². The van der Waals surface area contributed by atoms with Crippen LogP contribution in [0.15, 0.2) is 186 Å². The average molecular weight is 675 g/mol. The van der Waals surface area contributed by atoms with E-state index in [9.17, 15) is 0 Å². The summed E-state index contributed by atoms with van der Waals surface area (Å²) in [6.07, 6.45) is 0. The van der Waals surface area contributed by atoms with Gasteiger partial charge in [-0.05, 0) is 70.4 Å². The Bertz CT molecular complexity index is 3460. The summed E-state index contributed by atoms with van der Waals surface area (Å²) >= 11 is 0. The number of hydrogen-bond donors (Lipinski definition) is 0. The molecule has 0 fully saturated rings. The number of hydrogen-bond acceptors (Lipinski definition) is 1. The molecule has 0 aliphatic rings. The minimum atomic E-state index is 0.901. The van der Waals surface area contributed by atoms with E-state index in [4.69, 9.17) is 4.42 Å². The molecule has 246 valence electrons. The first-order valence-corrected chi connectivity index (χ1v) is 18.2. The molecule has 9 aromatic carbocycles. The minimum absolute atomic E-state index is 0.901. The van der Waals surface area contributed by atoms with E-state index in [1.807, 2.05) is 6.07 Å². The van der Waals surface area contributed by atoms with Gasteiger partial charge >= 0.3 is 0 Å². The third-order valence-electron chi connectivity index (χ3n) is 11.3. The van der Waals surface area contributed by atoms with E-state index < -0.39 is 0 Å². The van der Waals surface area contributed by atoms with Crippen LogP contribution in [0, 0.1) is 0 Å². The van der Waals surface area contributed by atoms with Crippen molar-refractivity contribution in [3.8, 4) is 22.5 Å². The maximum atomic E-state index is 6.62. The topological polar surface area (TPSA) is 23.0 Å². The van der Waals surface area contributed by atoms with Crippen molar-refractivity contribution in [1.82, 2.24) is 9.13 Å². The van der Waals surface area contributed by atoms with E-state index >= 15 is 0 Å². The van der Waals surface area contributed by atoms with Crippen molar-refractivity contribution in [3.63, 3.8) is 0 Å². The van der Waals surface area contributed by atoms with Gasteiger partial charge < -0.3 is 13.6 Å². The molecule has 12 rings (SSSR count). The molecule has 0 saturated heterocycles. The molecule has 0 aliphatic heterocycles. The molecule has 12 aromatic rings. The Morgan fingerprint density at radius 3 is 1.72 bits per heavy atom. The average Bonchev–Trinajstić information content (AvgIpc) is 3.88. The molecular weight excluding hydrogens is 645 g/mol. The fourth-order valence-corrected chi connectivity index (χ4v) is 8.93. The molecule has 0 atom stereocenters. The first-order chi connectivity index (χ1) is 26.3. The van der Waals surface area contributed by atoms with Gasteiger partial charge in [-0.25, -0.2) is 0 Å². The standard InChI is InChI=1S/C50H30N2O/c1-3-14-35-31(11-1)13-9-20-43(35)51-44-19-7-5-16-37(44)41-29-33(24-27-45(41)51)34-25-28-46-42(30-34)39-26-23-32-12-2-4-15-36(32)49(39)52(46)47-21-10-18-40-38-17-6-8-22-48(38)53-50(40)47/h1-30H. The van der Waals surface area contributed by atoms with Crippen molar-refractivity contribution in [2.75, 3.05) is 0 Å². The van der Waals surface area contributed by atoms with Crippen molar-refractivity contribution >= 4 is 87.1 Å². The predicted molar refractivity (Wildman–Crippen MR) is 223 cm³/mol. The first kappa shape index (κ1) is 28.6. The van der Waals surface area contributed by atoms with Crippen LogP contribution >= 0.6 is 0 Å². The molecule has 0 aliphatic carbocycles. The number of benzene rings is 9. The van der Waals surface area contributed by atoms with Gasteiger partial charge in [-0.2, -0.15) is 0 Å². The molecule has 3 nitrogen and oxygen atoms in total. The van der Waals surface area contributed by atoms with Gasteiger partial charge in [-0.15, -0.1) is 0 Å². The van der Waals surface area contributed by atoms with Crippen molar-refractivity contribution in [3.05, 3.63) is 182 Å². The number of furan rings is 1. The minimum Gasteiger partial charge on any atom is -0.454 e. The summed E-state index contributed by atoms with van der Waals surface area (Å²) in [5, 5.41) is 12.1. The summed E-state index contributed by atoms with van der Waals surface area (Å²) in [5.74, 6) is 0. The highest BCUT2D eigenvalue weighted by molar-refractivity contribution is 6.20. The quantitative estimate of drug-likeness (QED) is 0.183. The lowest BCUT2D eigenvalue weighted by molar-refractivity contribution is 0.666. The van der Waals surface area contributed by atoms with Crippen LogP contribution in [0.3, 0.4) is 0 Å². The summed E-state index contributed by atoms with van der Waals surface area (Å²) in [5.41, 5.74) is 11.2. The Labute approximate surface area is 304 Å². The smallest absolute Gasteiger partial charge is 0.159 e. The lowest BCUT2D eigenvalue weighted by atomic mass is 10.00. The lowest BCUT2D eigenvalue weighted by Gasteiger charge is -2.12. The third-order valence-corrected chi connectivity index (χ3v) is 11.3. The largest absolute Gasteiger partial charge is 0.454 e. The second kappa shape index (κ2) is 10.7. The second-order valence-corrected chi connectivity index (χ2v) is 14.1. The third kappa shape index (κ3) is 3.99. The molecular formula is C50H30N2O. The van der Waals surface area contributed by atoms with E-state index in [0.717, 1.165) is 33.1 Å². The molecule has 3 heterocycles. The van der Waals surface area contributed by atoms with Crippen LogP contribution in [0.1, 0.15) is 0 Å². The van der Waals surface area contributed by atoms with Crippen molar-refractivity contribution in [2.24, 2.45) is 0 Å². The van der Waals surface area contributed by atoms with Crippen LogP contribution in [-0.4, -0.2) is 9.13 Å². The fourth-order valence-electron chi connectivity index (χ4n) is 8.93. The molecule has 3 aromatic heterocycles. The maximum absolute atomic E-state index is 6.62. The number of para-hydroxylation sites is 3. The Kier molecular flexibility index (Phi) is 5.77. The van der Waals surface area contributed by atoms with Crippen LogP contribution < -0.4 is 0 Å². The summed E-state index contributed by atoms with van der Waals surface area (Å²) in [4.78, 5) is 0. The van der Waals surface area contributed by atoms with Crippen LogP contribution in [0.5, 0.6) is 0 Å². The Morgan fingerprint density at radius 2 is 0.887 bits per heavy atom. The van der Waals surface area contributed by atoms with Gasteiger partial charge in [0.1, 0.15) is 5.58 Å². The lowest BCUT2D eigenvalue weighted by Crippen LogP contribution is -1.95. The van der Waals surface area contributed by atoms with Crippen molar-refractivity contribution in [2.45, 2.75) is 0 Å². The first-order valence-electron chi connectivity index (χ1n) is 18.2. The molecule has 0 bridgehead atoms. The number of aromatic nitrogens is 2. The molecule has 0 N–H and O–H groups in total. The Balaban J connectivity index is 1.11. The SMILES string of the molecule is c1ccc2c(-n3c4ccccc4c4cc(-c5ccc6c(c5)c5ccc7ccccc7c5n6-c5cccc6c5oc5ccccc56)ccc43)cccc2c1. The van der Waals surface area contributed by atoms with E-state index in [2.05, 4.69) is 185 Å². The molecule has 0 saturated carbocycles. The van der Waals surface area contributed by atoms with E-state index in [1.54, 1.807) is 0 Å². The highest BCUT2D eigenvalue weighted by Gasteiger charge is 2.20. The van der Waals surface area contributed by atoms with Gasteiger partial charge in [0.2, 0.25) is 0 Å². The Morgan fingerprint density at radius 1 is 0.321 bits per heavy atom. The zero-order valence-electron chi connectivity index (χ0n) is 28.6. The normalized spacial score (nSPS) is 12.2. The summed E-state index contributed by atoms with van der Waals surface area (Å²) in [7, 11) is 0. The molecule has 0 amide bonds. The summed E-state index contributed by atoms with van der Waals surface area (Å²) in [6, 6.07) is 66.1. The van der Waals surface area contributed by atoms with Crippen LogP contribution in [0.25, 0.3) is 110 Å². The van der Waals surface area contributed by atoms with Crippen LogP contribution in [0.2, 0.25) is 0 Å². The second-order valence-electron chi connectivity index (χ2n) is 14.1. The summed E-state index contributed by atoms with van der Waals surface area (Å²) < 4.78 is 11.5. The molecule has 0 spiro atoms. The van der Waals surface area contributed by atoms with Crippen LogP contribution in [-0.2, 0) is 0 Å². The number of rotatable bonds is 3. The highest BCUT2D eigenvalue weighted by Crippen LogP contribution is 2.42. The number of fused-ring (bicyclic) bond motifs is 12. The fraction of sp³-hybridized carbons (Fsp3) is 0. The predicted octanol–water partition coefficient (Wildman–Crippen LogP) is 13.8. The van der Waals surface area contributed by atoms with Gasteiger partial charge in [-0.3, -0.25) is 0 Å². The zero-order chi connectivity index (χ0) is 34.6. The van der Waals surface area contributed by atoms with E-state index in [-0.39, 0.29) is 0 Å². The maximum Gasteiger partial charge on any atom is 0.159 e. The highest BCUT2D eigenvalue weighted by atomic mass is 16.3. The van der Waals surface area contributed by atoms with Gasteiger partial charge in [-0.1, -0.05) is 133 Å². The van der Waals surface area contributed by atoms with E-state index in [0.29, 0.717) is 0 Å². The monoisotopic (exact) mass is 674 g/mol. The van der Waals surface area contributed by atoms with E-state index in [1.165, 1.54) is 76.5 Å². The van der Waals surface area contributed by atoms with Gasteiger partial charge in [0.25, 0.3) is 0 Å².